The predicted molar refractivity (Wildman–Crippen MR) is 79.4 cm³/mol. The summed E-state index contributed by atoms with van der Waals surface area (Å²) in [5, 5.41) is 3.27. The van der Waals surface area contributed by atoms with Gasteiger partial charge >= 0.3 is 0 Å². The van der Waals surface area contributed by atoms with Crippen LogP contribution in [0.1, 0.15) is 25.3 Å². The van der Waals surface area contributed by atoms with Gasteiger partial charge in [0.15, 0.2) is 0 Å². The number of hydrogen-bond donors (Lipinski definition) is 1. The number of imidazole rings is 1. The minimum Gasteiger partial charge on any atom is -0.355 e. The van der Waals surface area contributed by atoms with Gasteiger partial charge in [0.05, 0.1) is 10.2 Å². The average Bonchev–Trinajstić information content (AvgIpc) is 2.82. The number of anilines is 1. The number of nitrogens with one attached hydrogen (secondary N) is 1. The molecule has 1 N–H and O–H groups in total. The molecule has 0 fully saturated rings. The van der Waals surface area contributed by atoms with Crippen molar-refractivity contribution in [3.8, 4) is 5.69 Å². The molecule has 0 aliphatic rings. The van der Waals surface area contributed by atoms with Crippen LogP contribution in [-0.2, 0) is 0 Å². The second-order valence-electron chi connectivity index (χ2n) is 4.45. The number of hydrogen-bond acceptors (Lipinski definition) is 2. The van der Waals surface area contributed by atoms with E-state index in [1.54, 1.807) is 12.3 Å². The van der Waals surface area contributed by atoms with Crippen LogP contribution in [0.3, 0.4) is 0 Å². The summed E-state index contributed by atoms with van der Waals surface area (Å²) in [4.78, 5) is 4.28. The number of aromatic nitrogens is 2. The van der Waals surface area contributed by atoms with Gasteiger partial charge in [-0.3, -0.25) is 4.57 Å². The van der Waals surface area contributed by atoms with Crippen LogP contribution >= 0.6 is 15.9 Å². The number of unbranched alkanes of at least 4 members (excludes halogenated alkanes) is 1. The Morgan fingerprint density at radius 3 is 2.95 bits per heavy atom. The lowest BCUT2D eigenvalue weighted by molar-refractivity contribution is 0.619. The van der Waals surface area contributed by atoms with Gasteiger partial charge < -0.3 is 5.32 Å². The quantitative estimate of drug-likeness (QED) is 0.831. The third-order valence-electron chi connectivity index (χ3n) is 2.95. The molecule has 0 radical (unpaired) electrons. The van der Waals surface area contributed by atoms with Crippen molar-refractivity contribution in [2.24, 2.45) is 0 Å². The molecule has 19 heavy (non-hydrogen) atoms. The lowest BCUT2D eigenvalue weighted by atomic mass is 10.2. The first-order valence-corrected chi connectivity index (χ1v) is 7.16. The van der Waals surface area contributed by atoms with Crippen LogP contribution in [0.5, 0.6) is 0 Å². The smallest absolute Gasteiger partial charge is 0.207 e. The third kappa shape index (κ3) is 3.15. The van der Waals surface area contributed by atoms with E-state index < -0.39 is 0 Å². The van der Waals surface area contributed by atoms with Gasteiger partial charge in [-0.15, -0.1) is 0 Å². The van der Waals surface area contributed by atoms with Gasteiger partial charge in [-0.05, 0) is 47.0 Å². The van der Waals surface area contributed by atoms with Crippen molar-refractivity contribution in [1.29, 1.82) is 0 Å². The SMILES string of the molecule is CCCCNc1nccn1-c1cc(F)c(Br)cc1C. The Kier molecular flexibility index (Phi) is 4.58. The maximum absolute atomic E-state index is 13.7. The van der Waals surface area contributed by atoms with E-state index in [1.165, 1.54) is 6.07 Å². The molecule has 2 rings (SSSR count). The molecule has 1 heterocycles. The minimum absolute atomic E-state index is 0.270. The molecule has 0 aliphatic heterocycles. The highest BCUT2D eigenvalue weighted by atomic mass is 79.9. The lowest BCUT2D eigenvalue weighted by Gasteiger charge is -2.12. The molecule has 3 nitrogen and oxygen atoms in total. The van der Waals surface area contributed by atoms with Gasteiger partial charge in [0.2, 0.25) is 5.95 Å². The number of aryl methyl sites for hydroxylation is 1. The van der Waals surface area contributed by atoms with Crippen LogP contribution in [0.15, 0.2) is 29.0 Å². The van der Waals surface area contributed by atoms with E-state index in [0.717, 1.165) is 36.6 Å². The van der Waals surface area contributed by atoms with Crippen LogP contribution in [0, 0.1) is 12.7 Å². The zero-order chi connectivity index (χ0) is 13.8. The molecule has 1 aromatic heterocycles. The van der Waals surface area contributed by atoms with Gasteiger partial charge in [0, 0.05) is 18.9 Å². The van der Waals surface area contributed by atoms with Gasteiger partial charge in [0.25, 0.3) is 0 Å². The molecular formula is C14H17BrFN3. The Bertz CT molecular complexity index is 566. The van der Waals surface area contributed by atoms with Gasteiger partial charge in [-0.1, -0.05) is 13.3 Å². The Balaban J connectivity index is 2.32. The van der Waals surface area contributed by atoms with Crippen LogP contribution in [-0.4, -0.2) is 16.1 Å². The van der Waals surface area contributed by atoms with E-state index in [4.69, 9.17) is 0 Å². The standard InChI is InChI=1S/C14H17BrFN3/c1-3-4-5-17-14-18-6-7-19(14)13-9-12(16)11(15)8-10(13)2/h6-9H,3-5H2,1-2H3,(H,17,18). The minimum atomic E-state index is -0.270. The maximum Gasteiger partial charge on any atom is 0.207 e. The van der Waals surface area contributed by atoms with E-state index in [2.05, 4.69) is 33.2 Å². The van der Waals surface area contributed by atoms with Gasteiger partial charge in [-0.25, -0.2) is 9.37 Å². The van der Waals surface area contributed by atoms with Crippen LogP contribution in [0.25, 0.3) is 5.69 Å². The average molecular weight is 326 g/mol. The van der Waals surface area contributed by atoms with E-state index in [9.17, 15) is 4.39 Å². The second-order valence-corrected chi connectivity index (χ2v) is 5.31. The summed E-state index contributed by atoms with van der Waals surface area (Å²) in [5.74, 6) is 0.479. The summed E-state index contributed by atoms with van der Waals surface area (Å²) in [5.41, 5.74) is 1.79. The molecule has 0 atom stereocenters. The molecule has 0 aliphatic carbocycles. The van der Waals surface area contributed by atoms with E-state index in [1.807, 2.05) is 17.7 Å². The zero-order valence-corrected chi connectivity index (χ0v) is 12.7. The van der Waals surface area contributed by atoms with Crippen molar-refractivity contribution in [1.82, 2.24) is 9.55 Å². The topological polar surface area (TPSA) is 29.9 Å². The molecule has 0 saturated heterocycles. The Hall–Kier alpha value is -1.36. The second kappa shape index (κ2) is 6.19. The normalized spacial score (nSPS) is 10.7. The van der Waals surface area contributed by atoms with Gasteiger partial charge in [0.1, 0.15) is 5.82 Å². The third-order valence-corrected chi connectivity index (χ3v) is 3.56. The molecule has 0 spiro atoms. The highest BCUT2D eigenvalue weighted by Gasteiger charge is 2.10. The molecule has 0 saturated carbocycles. The summed E-state index contributed by atoms with van der Waals surface area (Å²) in [6.07, 6.45) is 5.76. The predicted octanol–water partition coefficient (Wildman–Crippen LogP) is 4.29. The van der Waals surface area contributed by atoms with Crippen LogP contribution < -0.4 is 5.32 Å². The fourth-order valence-corrected chi connectivity index (χ4v) is 2.36. The Labute approximate surface area is 121 Å². The number of nitrogens with zero attached hydrogens (tertiary/aromatic N) is 2. The molecule has 0 unspecified atom stereocenters. The van der Waals surface area contributed by atoms with Crippen molar-refractivity contribution in [2.75, 3.05) is 11.9 Å². The van der Waals surface area contributed by atoms with Crippen molar-refractivity contribution in [3.63, 3.8) is 0 Å². The summed E-state index contributed by atoms with van der Waals surface area (Å²) in [6.45, 7) is 4.96. The van der Waals surface area contributed by atoms with Crippen molar-refractivity contribution in [2.45, 2.75) is 26.7 Å². The number of benzene rings is 1. The zero-order valence-electron chi connectivity index (χ0n) is 11.1. The van der Waals surface area contributed by atoms with Crippen molar-refractivity contribution in [3.05, 3.63) is 40.4 Å². The highest BCUT2D eigenvalue weighted by Crippen LogP contribution is 2.25. The molecule has 0 bridgehead atoms. The largest absolute Gasteiger partial charge is 0.355 e. The highest BCUT2D eigenvalue weighted by molar-refractivity contribution is 9.10. The van der Waals surface area contributed by atoms with Gasteiger partial charge in [-0.2, -0.15) is 0 Å². The Morgan fingerprint density at radius 2 is 2.21 bits per heavy atom. The fraction of sp³-hybridized carbons (Fsp3) is 0.357. The van der Waals surface area contributed by atoms with Crippen molar-refractivity contribution >= 4 is 21.9 Å². The Morgan fingerprint density at radius 1 is 1.42 bits per heavy atom. The molecule has 5 heteroatoms. The summed E-state index contributed by atoms with van der Waals surface area (Å²) in [7, 11) is 0. The summed E-state index contributed by atoms with van der Waals surface area (Å²) < 4.78 is 16.0. The molecule has 0 amide bonds. The first kappa shape index (κ1) is 14.1. The molecule has 1 aromatic carbocycles. The van der Waals surface area contributed by atoms with E-state index >= 15 is 0 Å². The van der Waals surface area contributed by atoms with Crippen molar-refractivity contribution < 1.29 is 4.39 Å². The van der Waals surface area contributed by atoms with E-state index in [-0.39, 0.29) is 5.82 Å². The number of halogens is 2. The monoisotopic (exact) mass is 325 g/mol. The first-order chi connectivity index (χ1) is 9.13. The first-order valence-electron chi connectivity index (χ1n) is 6.36. The van der Waals surface area contributed by atoms with Crippen LogP contribution in [0.4, 0.5) is 10.3 Å². The number of rotatable bonds is 5. The maximum atomic E-state index is 13.7. The lowest BCUT2D eigenvalue weighted by Crippen LogP contribution is -2.08. The summed E-state index contributed by atoms with van der Waals surface area (Å²) >= 11 is 3.20. The molecule has 102 valence electrons. The van der Waals surface area contributed by atoms with Crippen LogP contribution in [0.2, 0.25) is 0 Å². The molecular weight excluding hydrogens is 309 g/mol. The van der Waals surface area contributed by atoms with E-state index in [0.29, 0.717) is 4.47 Å². The summed E-state index contributed by atoms with van der Waals surface area (Å²) in [6, 6.07) is 3.30. The fourth-order valence-electron chi connectivity index (χ4n) is 1.90. The molecule has 2 aromatic rings.